The molecule has 2 aromatic carbocycles. The van der Waals surface area contributed by atoms with Crippen LogP contribution >= 0.6 is 0 Å². The van der Waals surface area contributed by atoms with Crippen molar-refractivity contribution in [1.82, 2.24) is 4.90 Å². The summed E-state index contributed by atoms with van der Waals surface area (Å²) < 4.78 is 16.0. The Labute approximate surface area is 177 Å². The van der Waals surface area contributed by atoms with Crippen LogP contribution in [0.5, 0.6) is 11.5 Å². The number of hydrogen-bond acceptors (Lipinski definition) is 5. The van der Waals surface area contributed by atoms with Crippen molar-refractivity contribution in [2.45, 2.75) is 39.0 Å². The second kappa shape index (κ2) is 10.8. The molecular formula is C23H30N2O5. The molecular weight excluding hydrogens is 384 g/mol. The fraction of sp³-hybridized carbons (Fsp3) is 0.435. The van der Waals surface area contributed by atoms with Gasteiger partial charge in [0.15, 0.2) is 11.5 Å². The van der Waals surface area contributed by atoms with E-state index in [0.29, 0.717) is 38.7 Å². The van der Waals surface area contributed by atoms with Crippen LogP contribution in [0, 0.1) is 0 Å². The molecule has 0 aliphatic heterocycles. The van der Waals surface area contributed by atoms with Gasteiger partial charge >= 0.3 is 6.03 Å². The number of amides is 2. The van der Waals surface area contributed by atoms with Crippen LogP contribution in [0.4, 0.5) is 10.5 Å². The predicted molar refractivity (Wildman–Crippen MR) is 115 cm³/mol. The summed E-state index contributed by atoms with van der Waals surface area (Å²) in [6.07, 6.45) is 1.99. The molecule has 7 heteroatoms. The molecule has 0 aromatic heterocycles. The molecule has 0 atom stereocenters. The molecule has 0 bridgehead atoms. The number of nitrogens with one attached hydrogen (secondary N) is 1. The number of urea groups is 1. The quantitative estimate of drug-likeness (QED) is 0.540. The molecule has 3 rings (SSSR count). The van der Waals surface area contributed by atoms with Gasteiger partial charge in [-0.05, 0) is 55.2 Å². The Morgan fingerprint density at radius 1 is 1.13 bits per heavy atom. The number of rotatable bonds is 11. The largest absolute Gasteiger partial charge is 0.504 e. The Balaban J connectivity index is 1.59. The monoisotopic (exact) mass is 414 g/mol. The van der Waals surface area contributed by atoms with Crippen molar-refractivity contribution in [3.8, 4) is 11.5 Å². The zero-order valence-corrected chi connectivity index (χ0v) is 17.6. The van der Waals surface area contributed by atoms with Gasteiger partial charge in [-0.15, -0.1) is 0 Å². The normalized spacial score (nSPS) is 13.1. The summed E-state index contributed by atoms with van der Waals surface area (Å²) in [5.74, 6) is 0.490. The highest BCUT2D eigenvalue weighted by molar-refractivity contribution is 5.89. The molecule has 162 valence electrons. The third kappa shape index (κ3) is 6.37. The Morgan fingerprint density at radius 3 is 2.67 bits per heavy atom. The highest BCUT2D eigenvalue weighted by Gasteiger charge is 2.32. The molecule has 1 aliphatic rings. The number of benzene rings is 2. The zero-order valence-electron chi connectivity index (χ0n) is 17.6. The van der Waals surface area contributed by atoms with E-state index in [1.807, 2.05) is 36.1 Å². The van der Waals surface area contributed by atoms with Crippen molar-refractivity contribution in [2.24, 2.45) is 0 Å². The summed E-state index contributed by atoms with van der Waals surface area (Å²) in [5.41, 5.74) is 2.63. The van der Waals surface area contributed by atoms with Crippen molar-refractivity contribution >= 4 is 11.7 Å². The van der Waals surface area contributed by atoms with Gasteiger partial charge in [-0.25, -0.2) is 4.79 Å². The van der Waals surface area contributed by atoms with Gasteiger partial charge in [-0.2, -0.15) is 0 Å². The number of carbonyl (C=O) groups is 1. The summed E-state index contributed by atoms with van der Waals surface area (Å²) in [4.78, 5) is 14.8. The summed E-state index contributed by atoms with van der Waals surface area (Å²) >= 11 is 0. The van der Waals surface area contributed by atoms with Crippen molar-refractivity contribution in [2.75, 3.05) is 32.2 Å². The Hall–Kier alpha value is -2.77. The average molecular weight is 415 g/mol. The fourth-order valence-corrected chi connectivity index (χ4v) is 3.16. The highest BCUT2D eigenvalue weighted by Crippen LogP contribution is 2.31. The number of phenols is 1. The van der Waals surface area contributed by atoms with Crippen molar-refractivity contribution < 1.29 is 24.1 Å². The Kier molecular flexibility index (Phi) is 7.93. The van der Waals surface area contributed by atoms with Crippen molar-refractivity contribution in [3.63, 3.8) is 0 Å². The molecule has 0 heterocycles. The van der Waals surface area contributed by atoms with Crippen LogP contribution < -0.4 is 10.1 Å². The molecule has 2 N–H and O–H groups in total. The number of nitrogens with zero attached hydrogens (tertiary/aromatic N) is 1. The number of carbonyl (C=O) groups excluding carboxylic acids is 1. The number of phenolic OH excluding ortho intramolecular Hbond substituents is 1. The molecule has 30 heavy (non-hydrogen) atoms. The molecule has 1 aliphatic carbocycles. The smallest absolute Gasteiger partial charge is 0.322 e. The van der Waals surface area contributed by atoms with E-state index in [-0.39, 0.29) is 17.8 Å². The molecule has 0 radical (unpaired) electrons. The van der Waals surface area contributed by atoms with Gasteiger partial charge in [0.1, 0.15) is 0 Å². The molecule has 0 saturated heterocycles. The van der Waals surface area contributed by atoms with Crippen LogP contribution in [-0.4, -0.2) is 49.0 Å². The number of ether oxygens (including phenoxy) is 3. The van der Waals surface area contributed by atoms with E-state index < -0.39 is 0 Å². The minimum atomic E-state index is -0.140. The van der Waals surface area contributed by atoms with Crippen LogP contribution in [-0.2, 0) is 22.6 Å². The molecule has 1 saturated carbocycles. The van der Waals surface area contributed by atoms with Crippen LogP contribution in [0.1, 0.15) is 30.9 Å². The summed E-state index contributed by atoms with van der Waals surface area (Å²) in [6, 6.07) is 12.9. The third-order valence-electron chi connectivity index (χ3n) is 4.87. The van der Waals surface area contributed by atoms with Crippen LogP contribution in [0.3, 0.4) is 0 Å². The van der Waals surface area contributed by atoms with Gasteiger partial charge in [-0.1, -0.05) is 18.2 Å². The maximum absolute atomic E-state index is 12.9. The lowest BCUT2D eigenvalue weighted by Crippen LogP contribution is -2.36. The van der Waals surface area contributed by atoms with Gasteiger partial charge in [-0.3, -0.25) is 0 Å². The molecule has 2 aromatic rings. The van der Waals surface area contributed by atoms with E-state index >= 15 is 0 Å². The van der Waals surface area contributed by atoms with Gasteiger partial charge in [0, 0.05) is 24.9 Å². The average Bonchev–Trinajstić information content (AvgIpc) is 3.58. The molecule has 7 nitrogen and oxygen atoms in total. The first-order valence-electron chi connectivity index (χ1n) is 10.3. The van der Waals surface area contributed by atoms with Gasteiger partial charge in [0.2, 0.25) is 0 Å². The zero-order chi connectivity index (χ0) is 21.3. The Bertz CT molecular complexity index is 838. The van der Waals surface area contributed by atoms with E-state index in [9.17, 15) is 9.90 Å². The minimum absolute atomic E-state index is 0.0870. The molecule has 1 fully saturated rings. The second-order valence-electron chi connectivity index (χ2n) is 7.25. The fourth-order valence-electron chi connectivity index (χ4n) is 3.16. The number of hydrogen-bond donors (Lipinski definition) is 2. The first-order chi connectivity index (χ1) is 14.6. The van der Waals surface area contributed by atoms with Gasteiger partial charge < -0.3 is 29.5 Å². The molecule has 2 amide bonds. The Morgan fingerprint density at radius 2 is 1.93 bits per heavy atom. The number of anilines is 1. The van der Waals surface area contributed by atoms with Crippen LogP contribution in [0.25, 0.3) is 0 Å². The maximum Gasteiger partial charge on any atom is 0.322 e. The first kappa shape index (κ1) is 21.9. The van der Waals surface area contributed by atoms with Crippen LogP contribution in [0.2, 0.25) is 0 Å². The highest BCUT2D eigenvalue weighted by atomic mass is 16.5. The summed E-state index contributed by atoms with van der Waals surface area (Å²) in [5, 5.41) is 12.8. The van der Waals surface area contributed by atoms with Crippen molar-refractivity contribution in [1.29, 1.82) is 0 Å². The third-order valence-corrected chi connectivity index (χ3v) is 4.87. The standard InChI is InChI=1S/C23H30N2O5/c1-3-29-11-12-30-16-18-5-4-6-19(13-18)24-23(27)25(20-8-9-20)15-17-7-10-21(26)22(14-17)28-2/h4-7,10,13-14,20,26H,3,8-9,11-12,15-16H2,1-2H3,(H,24,27). The summed E-state index contributed by atoms with van der Waals surface area (Å²) in [6.45, 7) is 4.67. The van der Waals surface area contributed by atoms with Crippen LogP contribution in [0.15, 0.2) is 42.5 Å². The van der Waals surface area contributed by atoms with Crippen molar-refractivity contribution in [3.05, 3.63) is 53.6 Å². The predicted octanol–water partition coefficient (Wildman–Crippen LogP) is 4.15. The molecule has 0 unspecified atom stereocenters. The van der Waals surface area contributed by atoms with E-state index in [4.69, 9.17) is 14.2 Å². The maximum atomic E-state index is 12.9. The SMILES string of the molecule is CCOCCOCc1cccc(NC(=O)N(Cc2ccc(O)c(OC)c2)C2CC2)c1. The lowest BCUT2D eigenvalue weighted by molar-refractivity contribution is 0.0453. The van der Waals surface area contributed by atoms with E-state index in [1.54, 1.807) is 18.2 Å². The van der Waals surface area contributed by atoms with Gasteiger partial charge in [0.25, 0.3) is 0 Å². The minimum Gasteiger partial charge on any atom is -0.504 e. The number of aromatic hydroxyl groups is 1. The topological polar surface area (TPSA) is 80.3 Å². The lowest BCUT2D eigenvalue weighted by Gasteiger charge is -2.23. The van der Waals surface area contributed by atoms with E-state index in [2.05, 4.69) is 5.32 Å². The van der Waals surface area contributed by atoms with E-state index in [1.165, 1.54) is 7.11 Å². The lowest BCUT2D eigenvalue weighted by atomic mass is 10.2. The number of methoxy groups -OCH3 is 1. The molecule has 0 spiro atoms. The first-order valence-corrected chi connectivity index (χ1v) is 10.3. The van der Waals surface area contributed by atoms with E-state index in [0.717, 1.165) is 29.7 Å². The summed E-state index contributed by atoms with van der Waals surface area (Å²) in [7, 11) is 1.51. The second-order valence-corrected chi connectivity index (χ2v) is 7.25. The van der Waals surface area contributed by atoms with Gasteiger partial charge in [0.05, 0.1) is 26.9 Å².